The lowest BCUT2D eigenvalue weighted by Crippen LogP contribution is -2.22. The van der Waals surface area contributed by atoms with Gasteiger partial charge < -0.3 is 9.64 Å². The monoisotopic (exact) mass is 498 g/mol. The first-order valence-electron chi connectivity index (χ1n) is 11.1. The maximum absolute atomic E-state index is 13.3. The molecule has 32 heavy (non-hydrogen) atoms. The minimum absolute atomic E-state index is 0.0714. The van der Waals surface area contributed by atoms with Crippen molar-refractivity contribution in [2.45, 2.75) is 52.6 Å². The van der Waals surface area contributed by atoms with Crippen molar-refractivity contribution in [1.82, 2.24) is 9.66 Å². The summed E-state index contributed by atoms with van der Waals surface area (Å²) < 4.78 is 8.42. The second kappa shape index (κ2) is 10.8. The van der Waals surface area contributed by atoms with Crippen molar-refractivity contribution in [2.75, 3.05) is 19.0 Å². The topological polar surface area (TPSA) is 59.7 Å². The molecule has 0 saturated heterocycles. The highest BCUT2D eigenvalue weighted by molar-refractivity contribution is 9.10. The van der Waals surface area contributed by atoms with E-state index in [0.29, 0.717) is 23.1 Å². The average molecular weight is 499 g/mol. The van der Waals surface area contributed by atoms with Crippen molar-refractivity contribution in [2.24, 2.45) is 5.10 Å². The number of aryl methyl sites for hydroxylation is 1. The van der Waals surface area contributed by atoms with Crippen LogP contribution in [0, 0.1) is 0 Å². The zero-order valence-electron chi connectivity index (χ0n) is 19.4. The van der Waals surface area contributed by atoms with E-state index < -0.39 is 0 Å². The molecule has 0 spiro atoms. The molecular weight excluding hydrogens is 468 g/mol. The van der Waals surface area contributed by atoms with E-state index >= 15 is 0 Å². The normalized spacial score (nSPS) is 12.4. The third-order valence-corrected chi connectivity index (χ3v) is 5.85. The molecule has 6 nitrogen and oxygen atoms in total. The lowest BCUT2D eigenvalue weighted by molar-refractivity contribution is 0.217. The fourth-order valence-electron chi connectivity index (χ4n) is 3.24. The molecule has 0 unspecified atom stereocenters. The van der Waals surface area contributed by atoms with Gasteiger partial charge in [-0.1, -0.05) is 36.2 Å². The van der Waals surface area contributed by atoms with E-state index in [9.17, 15) is 4.79 Å². The summed E-state index contributed by atoms with van der Waals surface area (Å²) >= 11 is 3.45. The van der Waals surface area contributed by atoms with E-state index in [4.69, 9.17) is 9.72 Å². The van der Waals surface area contributed by atoms with Gasteiger partial charge in [0.1, 0.15) is 11.6 Å². The van der Waals surface area contributed by atoms with E-state index in [0.717, 1.165) is 40.7 Å². The highest BCUT2D eigenvalue weighted by Crippen LogP contribution is 2.25. The van der Waals surface area contributed by atoms with Crippen molar-refractivity contribution >= 4 is 38.7 Å². The number of nitrogens with zero attached hydrogens (tertiary/aromatic N) is 4. The van der Waals surface area contributed by atoms with E-state index in [1.807, 2.05) is 56.3 Å². The lowest BCUT2D eigenvalue weighted by atomic mass is 10.2. The third-order valence-electron chi connectivity index (χ3n) is 5.36. The van der Waals surface area contributed by atoms with Gasteiger partial charge in [-0.3, -0.25) is 4.79 Å². The van der Waals surface area contributed by atoms with Gasteiger partial charge >= 0.3 is 0 Å². The van der Waals surface area contributed by atoms with Gasteiger partial charge in [-0.25, -0.2) is 4.98 Å². The minimum Gasteiger partial charge on any atom is -0.490 e. The smallest absolute Gasteiger partial charge is 0.282 e. The number of hydrogen-bond acceptors (Lipinski definition) is 5. The van der Waals surface area contributed by atoms with Gasteiger partial charge in [-0.15, -0.1) is 0 Å². The molecule has 0 aliphatic carbocycles. The Kier molecular flexibility index (Phi) is 8.07. The quantitative estimate of drug-likeness (QED) is 0.358. The van der Waals surface area contributed by atoms with Crippen molar-refractivity contribution in [1.29, 1.82) is 0 Å². The Labute approximate surface area is 198 Å². The van der Waals surface area contributed by atoms with Crippen LogP contribution in [0.4, 0.5) is 5.69 Å². The molecule has 1 atom stereocenters. The molecule has 0 fully saturated rings. The average Bonchev–Trinajstić information content (AvgIpc) is 2.78. The molecule has 0 radical (unpaired) electrons. The predicted octanol–water partition coefficient (Wildman–Crippen LogP) is 5.63. The number of hydrogen-bond donors (Lipinski definition) is 0. The predicted molar refractivity (Wildman–Crippen MR) is 136 cm³/mol. The Morgan fingerprint density at radius 1 is 1.22 bits per heavy atom. The van der Waals surface area contributed by atoms with Crippen LogP contribution < -0.4 is 15.2 Å². The van der Waals surface area contributed by atoms with Crippen LogP contribution in [0.1, 0.15) is 51.4 Å². The highest BCUT2D eigenvalue weighted by Gasteiger charge is 2.12. The maximum Gasteiger partial charge on any atom is 0.282 e. The summed E-state index contributed by atoms with van der Waals surface area (Å²) in [5.74, 6) is 1.41. The summed E-state index contributed by atoms with van der Waals surface area (Å²) in [6.45, 7) is 6.25. The summed E-state index contributed by atoms with van der Waals surface area (Å²) in [5, 5.41) is 5.12. The second-order valence-electron chi connectivity index (χ2n) is 8.11. The van der Waals surface area contributed by atoms with Gasteiger partial charge in [-0.05, 0) is 50.1 Å². The standard InChI is InChI=1S/C25H31BrN4O2/c1-6-8-9-24-28-22-13-11-19(26)14-21(22)25(31)30(24)27-16-18-10-12-20(29(4)5)15-23(18)32-17(3)7-2/h10-17H,6-9H2,1-5H3/t17-/m1/s1. The van der Waals surface area contributed by atoms with Crippen LogP contribution in [-0.4, -0.2) is 36.1 Å². The Morgan fingerprint density at radius 3 is 2.69 bits per heavy atom. The minimum atomic E-state index is -0.173. The largest absolute Gasteiger partial charge is 0.490 e. The summed E-state index contributed by atoms with van der Waals surface area (Å²) in [5.41, 5.74) is 2.37. The fraction of sp³-hybridized carbons (Fsp3) is 0.400. The molecule has 0 amide bonds. The van der Waals surface area contributed by atoms with Gasteiger partial charge in [0, 0.05) is 42.3 Å². The molecular formula is C25H31BrN4O2. The van der Waals surface area contributed by atoms with Crippen LogP contribution in [-0.2, 0) is 6.42 Å². The maximum atomic E-state index is 13.3. The molecule has 2 aromatic carbocycles. The Hall–Kier alpha value is -2.67. The molecule has 3 rings (SSSR count). The first kappa shape index (κ1) is 24.0. The van der Waals surface area contributed by atoms with E-state index in [-0.39, 0.29) is 11.7 Å². The number of rotatable bonds is 9. The van der Waals surface area contributed by atoms with Crippen LogP contribution in [0.2, 0.25) is 0 Å². The molecule has 0 bridgehead atoms. The molecule has 170 valence electrons. The summed E-state index contributed by atoms with van der Waals surface area (Å²) in [6.07, 6.45) is 5.29. The van der Waals surface area contributed by atoms with Crippen molar-refractivity contribution < 1.29 is 4.74 Å². The summed E-state index contributed by atoms with van der Waals surface area (Å²) in [6, 6.07) is 11.5. The number of aromatic nitrogens is 2. The first-order chi connectivity index (χ1) is 15.3. The van der Waals surface area contributed by atoms with Crippen molar-refractivity contribution in [3.8, 4) is 5.75 Å². The molecule has 0 aliphatic rings. The van der Waals surface area contributed by atoms with E-state index in [2.05, 4.69) is 34.9 Å². The molecule has 7 heteroatoms. The fourth-order valence-corrected chi connectivity index (χ4v) is 3.60. The Bertz CT molecular complexity index is 1170. The number of benzene rings is 2. The molecule has 0 N–H and O–H groups in total. The van der Waals surface area contributed by atoms with Gasteiger partial charge in [0.2, 0.25) is 0 Å². The highest BCUT2D eigenvalue weighted by atomic mass is 79.9. The van der Waals surface area contributed by atoms with Crippen LogP contribution in [0.15, 0.2) is 50.8 Å². The summed E-state index contributed by atoms with van der Waals surface area (Å²) in [7, 11) is 3.99. The Balaban J connectivity index is 2.10. The number of unbranched alkanes of at least 4 members (excludes halogenated alkanes) is 1. The van der Waals surface area contributed by atoms with Crippen LogP contribution >= 0.6 is 15.9 Å². The van der Waals surface area contributed by atoms with Crippen molar-refractivity contribution in [3.63, 3.8) is 0 Å². The molecule has 1 heterocycles. The molecule has 0 saturated carbocycles. The SMILES string of the molecule is CCCCc1nc2ccc(Br)cc2c(=O)n1N=Cc1ccc(N(C)C)cc1O[C@H](C)CC. The van der Waals surface area contributed by atoms with Crippen molar-refractivity contribution in [3.05, 3.63) is 62.6 Å². The first-order valence-corrected chi connectivity index (χ1v) is 11.9. The second-order valence-corrected chi connectivity index (χ2v) is 9.02. The number of halogens is 1. The molecule has 3 aromatic rings. The zero-order valence-corrected chi connectivity index (χ0v) is 21.0. The van der Waals surface area contributed by atoms with Gasteiger partial charge in [0.15, 0.2) is 0 Å². The third kappa shape index (κ3) is 5.57. The van der Waals surface area contributed by atoms with Crippen LogP contribution in [0.25, 0.3) is 10.9 Å². The number of fused-ring (bicyclic) bond motifs is 1. The Morgan fingerprint density at radius 2 is 2.00 bits per heavy atom. The van der Waals surface area contributed by atoms with Gasteiger partial charge in [0.25, 0.3) is 5.56 Å². The molecule has 1 aromatic heterocycles. The van der Waals surface area contributed by atoms with E-state index in [1.165, 1.54) is 4.68 Å². The number of ether oxygens (including phenoxy) is 1. The summed E-state index contributed by atoms with van der Waals surface area (Å²) in [4.78, 5) is 20.1. The van der Waals surface area contributed by atoms with Crippen LogP contribution in [0.5, 0.6) is 5.75 Å². The zero-order chi connectivity index (χ0) is 23.3. The number of anilines is 1. The van der Waals surface area contributed by atoms with Crippen LogP contribution in [0.3, 0.4) is 0 Å². The lowest BCUT2D eigenvalue weighted by Gasteiger charge is -2.18. The molecule has 0 aliphatic heterocycles. The van der Waals surface area contributed by atoms with Gasteiger partial charge in [-0.2, -0.15) is 9.78 Å². The van der Waals surface area contributed by atoms with E-state index in [1.54, 1.807) is 12.3 Å². The van der Waals surface area contributed by atoms with Gasteiger partial charge in [0.05, 0.1) is 23.2 Å².